The van der Waals surface area contributed by atoms with Crippen molar-refractivity contribution in [2.75, 3.05) is 0 Å². The molecule has 1 aromatic rings. The number of aromatic hydroxyl groups is 2. The summed E-state index contributed by atoms with van der Waals surface area (Å²) in [6.07, 6.45) is 1.70. The molecule has 1 rings (SSSR count). The standard InChI is InChI=1S/C13H18O3/c1-4-5-13(2,3)12(16)9-6-10(14)8-11(15)7-9/h6-8,14-15H,4-5H2,1-3H3. The number of carbonyl (C=O) groups excluding carboxylic acids is 1. The minimum Gasteiger partial charge on any atom is -0.508 e. The van der Waals surface area contributed by atoms with Gasteiger partial charge in [-0.25, -0.2) is 0 Å². The summed E-state index contributed by atoms with van der Waals surface area (Å²) in [6, 6.07) is 3.99. The lowest BCUT2D eigenvalue weighted by Gasteiger charge is -2.22. The molecule has 0 saturated carbocycles. The summed E-state index contributed by atoms with van der Waals surface area (Å²) in [4.78, 5) is 12.1. The van der Waals surface area contributed by atoms with Crippen LogP contribution in [0.4, 0.5) is 0 Å². The van der Waals surface area contributed by atoms with Crippen LogP contribution in [0.25, 0.3) is 0 Å². The third kappa shape index (κ3) is 2.75. The number of ketones is 1. The summed E-state index contributed by atoms with van der Waals surface area (Å²) in [5.74, 6) is -0.230. The van der Waals surface area contributed by atoms with Crippen LogP contribution in [0.5, 0.6) is 11.5 Å². The Morgan fingerprint density at radius 2 is 1.69 bits per heavy atom. The van der Waals surface area contributed by atoms with Gasteiger partial charge in [0.2, 0.25) is 0 Å². The van der Waals surface area contributed by atoms with E-state index in [4.69, 9.17) is 0 Å². The Labute approximate surface area is 95.7 Å². The number of hydrogen-bond donors (Lipinski definition) is 2. The van der Waals surface area contributed by atoms with Crippen molar-refractivity contribution in [1.29, 1.82) is 0 Å². The number of rotatable bonds is 4. The molecule has 3 heteroatoms. The van der Waals surface area contributed by atoms with Crippen molar-refractivity contribution in [3.63, 3.8) is 0 Å². The Kier molecular flexibility index (Phi) is 3.58. The molecule has 0 radical (unpaired) electrons. The molecule has 0 bridgehead atoms. The summed E-state index contributed by atoms with van der Waals surface area (Å²) in [7, 11) is 0. The zero-order valence-electron chi connectivity index (χ0n) is 9.95. The maximum atomic E-state index is 12.1. The first kappa shape index (κ1) is 12.6. The largest absolute Gasteiger partial charge is 0.508 e. The van der Waals surface area contributed by atoms with Crippen LogP contribution in [0.15, 0.2) is 18.2 Å². The van der Waals surface area contributed by atoms with Crippen LogP contribution < -0.4 is 0 Å². The molecule has 1 aromatic carbocycles. The number of hydrogen-bond acceptors (Lipinski definition) is 3. The van der Waals surface area contributed by atoms with Crippen molar-refractivity contribution < 1.29 is 15.0 Å². The fraction of sp³-hybridized carbons (Fsp3) is 0.462. The average Bonchev–Trinajstić information content (AvgIpc) is 2.14. The van der Waals surface area contributed by atoms with E-state index in [1.807, 2.05) is 20.8 Å². The van der Waals surface area contributed by atoms with Crippen LogP contribution >= 0.6 is 0 Å². The summed E-state index contributed by atoms with van der Waals surface area (Å²) in [5, 5.41) is 18.7. The van der Waals surface area contributed by atoms with Gasteiger partial charge in [0, 0.05) is 17.0 Å². The predicted octanol–water partition coefficient (Wildman–Crippen LogP) is 3.11. The number of benzene rings is 1. The van der Waals surface area contributed by atoms with E-state index >= 15 is 0 Å². The van der Waals surface area contributed by atoms with Gasteiger partial charge in [0.1, 0.15) is 11.5 Å². The van der Waals surface area contributed by atoms with E-state index in [9.17, 15) is 15.0 Å². The Bertz CT molecular complexity index is 374. The van der Waals surface area contributed by atoms with E-state index in [0.29, 0.717) is 5.56 Å². The number of Topliss-reactive ketones (excluding diaryl/α,β-unsaturated/α-hetero) is 1. The first-order chi connectivity index (χ1) is 7.36. The molecule has 0 amide bonds. The predicted molar refractivity (Wildman–Crippen MR) is 62.8 cm³/mol. The van der Waals surface area contributed by atoms with Gasteiger partial charge < -0.3 is 10.2 Å². The number of phenols is 2. The van der Waals surface area contributed by atoms with Crippen molar-refractivity contribution in [3.05, 3.63) is 23.8 Å². The average molecular weight is 222 g/mol. The number of phenolic OH excluding ortho intramolecular Hbond substituents is 2. The van der Waals surface area contributed by atoms with Crippen molar-refractivity contribution in [3.8, 4) is 11.5 Å². The molecule has 0 aromatic heterocycles. The molecule has 0 fully saturated rings. The molecule has 0 unspecified atom stereocenters. The van der Waals surface area contributed by atoms with Gasteiger partial charge in [-0.05, 0) is 18.6 Å². The molecular formula is C13H18O3. The second-order valence-electron chi connectivity index (χ2n) is 4.70. The first-order valence-electron chi connectivity index (χ1n) is 5.44. The molecule has 0 atom stereocenters. The van der Waals surface area contributed by atoms with E-state index in [-0.39, 0.29) is 17.3 Å². The molecule has 3 nitrogen and oxygen atoms in total. The van der Waals surface area contributed by atoms with Crippen molar-refractivity contribution in [2.24, 2.45) is 5.41 Å². The quantitative estimate of drug-likeness (QED) is 0.769. The van der Waals surface area contributed by atoms with Gasteiger partial charge in [0.15, 0.2) is 5.78 Å². The Morgan fingerprint density at radius 3 is 2.12 bits per heavy atom. The smallest absolute Gasteiger partial charge is 0.168 e. The minimum absolute atomic E-state index is 0.0550. The van der Waals surface area contributed by atoms with Crippen LogP contribution in [0.3, 0.4) is 0 Å². The van der Waals surface area contributed by atoms with Gasteiger partial charge in [0.05, 0.1) is 0 Å². The SMILES string of the molecule is CCCC(C)(C)C(=O)c1cc(O)cc(O)c1. The van der Waals surface area contributed by atoms with Crippen LogP contribution in [-0.2, 0) is 0 Å². The second kappa shape index (κ2) is 4.56. The van der Waals surface area contributed by atoms with Crippen molar-refractivity contribution in [1.82, 2.24) is 0 Å². The molecule has 2 N–H and O–H groups in total. The highest BCUT2D eigenvalue weighted by molar-refractivity contribution is 6.00. The molecule has 0 aliphatic rings. The highest BCUT2D eigenvalue weighted by Gasteiger charge is 2.28. The molecule has 16 heavy (non-hydrogen) atoms. The summed E-state index contributed by atoms with van der Waals surface area (Å²) < 4.78 is 0. The molecule has 0 heterocycles. The maximum Gasteiger partial charge on any atom is 0.168 e. The van der Waals surface area contributed by atoms with Crippen molar-refractivity contribution >= 4 is 5.78 Å². The monoisotopic (exact) mass is 222 g/mol. The van der Waals surface area contributed by atoms with E-state index in [0.717, 1.165) is 12.8 Å². The zero-order valence-corrected chi connectivity index (χ0v) is 9.95. The Hall–Kier alpha value is -1.51. The minimum atomic E-state index is -0.463. The maximum absolute atomic E-state index is 12.1. The number of carbonyl (C=O) groups is 1. The van der Waals surface area contributed by atoms with Crippen LogP contribution in [0, 0.1) is 5.41 Å². The summed E-state index contributed by atoms with van der Waals surface area (Å²) in [5.41, 5.74) is -0.106. The molecule has 0 saturated heterocycles. The zero-order chi connectivity index (χ0) is 12.3. The van der Waals surface area contributed by atoms with E-state index in [1.165, 1.54) is 18.2 Å². The fourth-order valence-corrected chi connectivity index (χ4v) is 1.86. The normalized spacial score (nSPS) is 11.4. The van der Waals surface area contributed by atoms with Gasteiger partial charge in [-0.1, -0.05) is 27.2 Å². The molecule has 0 spiro atoms. The van der Waals surface area contributed by atoms with Gasteiger partial charge >= 0.3 is 0 Å². The Balaban J connectivity index is 3.04. The lowest BCUT2D eigenvalue weighted by atomic mass is 9.80. The third-order valence-electron chi connectivity index (χ3n) is 2.65. The summed E-state index contributed by atoms with van der Waals surface area (Å²) >= 11 is 0. The highest BCUT2D eigenvalue weighted by Crippen LogP contribution is 2.30. The van der Waals surface area contributed by atoms with Crippen LogP contribution in [-0.4, -0.2) is 16.0 Å². The topological polar surface area (TPSA) is 57.5 Å². The lowest BCUT2D eigenvalue weighted by Crippen LogP contribution is -2.24. The highest BCUT2D eigenvalue weighted by atomic mass is 16.3. The van der Waals surface area contributed by atoms with Crippen LogP contribution in [0.1, 0.15) is 44.0 Å². The fourth-order valence-electron chi connectivity index (χ4n) is 1.86. The second-order valence-corrected chi connectivity index (χ2v) is 4.70. The molecular weight excluding hydrogens is 204 g/mol. The Morgan fingerprint density at radius 1 is 1.19 bits per heavy atom. The van der Waals surface area contributed by atoms with Crippen LogP contribution in [0.2, 0.25) is 0 Å². The van der Waals surface area contributed by atoms with Gasteiger partial charge in [-0.15, -0.1) is 0 Å². The third-order valence-corrected chi connectivity index (χ3v) is 2.65. The molecule has 0 aliphatic carbocycles. The van der Waals surface area contributed by atoms with Gasteiger partial charge in [-0.3, -0.25) is 4.79 Å². The first-order valence-corrected chi connectivity index (χ1v) is 5.44. The molecule has 0 aliphatic heterocycles. The molecule has 88 valence electrons. The lowest BCUT2D eigenvalue weighted by molar-refractivity contribution is 0.0824. The van der Waals surface area contributed by atoms with E-state index < -0.39 is 5.41 Å². The van der Waals surface area contributed by atoms with Gasteiger partial charge in [-0.2, -0.15) is 0 Å². The summed E-state index contributed by atoms with van der Waals surface area (Å²) in [6.45, 7) is 5.77. The van der Waals surface area contributed by atoms with E-state index in [1.54, 1.807) is 0 Å². The van der Waals surface area contributed by atoms with E-state index in [2.05, 4.69) is 0 Å². The van der Waals surface area contributed by atoms with Gasteiger partial charge in [0.25, 0.3) is 0 Å². The van der Waals surface area contributed by atoms with Crippen molar-refractivity contribution in [2.45, 2.75) is 33.6 Å².